The number of anilines is 1. The van der Waals surface area contributed by atoms with Crippen molar-refractivity contribution in [3.05, 3.63) is 40.7 Å². The highest BCUT2D eigenvalue weighted by molar-refractivity contribution is 5.83. The van der Waals surface area contributed by atoms with E-state index in [2.05, 4.69) is 27.7 Å². The van der Waals surface area contributed by atoms with Crippen LogP contribution in [-0.4, -0.2) is 4.57 Å². The molecule has 1 aromatic carbocycles. The van der Waals surface area contributed by atoms with E-state index < -0.39 is 0 Å². The highest BCUT2D eigenvalue weighted by atomic mass is 16.1. The molecule has 2 N–H and O–H groups in total. The summed E-state index contributed by atoms with van der Waals surface area (Å²) in [5, 5.41) is 1.67. The number of nitrogen functional groups attached to an aromatic ring is 1. The van der Waals surface area contributed by atoms with Gasteiger partial charge in [0.2, 0.25) is 0 Å². The zero-order chi connectivity index (χ0) is 14.7. The predicted octanol–water partition coefficient (Wildman–Crippen LogP) is 3.27. The van der Waals surface area contributed by atoms with Crippen LogP contribution in [0.2, 0.25) is 0 Å². The molecule has 1 saturated carbocycles. The fraction of sp³-hybridized carbons (Fsp3) is 0.471. The molecule has 1 aliphatic rings. The summed E-state index contributed by atoms with van der Waals surface area (Å²) in [5.74, 6) is 1.04. The third-order valence-corrected chi connectivity index (χ3v) is 5.74. The summed E-state index contributed by atoms with van der Waals surface area (Å²) in [6.45, 7) is 9.76. The molecule has 20 heavy (non-hydrogen) atoms. The predicted molar refractivity (Wildman–Crippen MR) is 83.7 cm³/mol. The molecule has 0 aliphatic heterocycles. The second-order valence-electron chi connectivity index (χ2n) is 7.07. The average Bonchev–Trinajstić information content (AvgIpc) is 2.76. The van der Waals surface area contributed by atoms with Gasteiger partial charge in [0.25, 0.3) is 5.56 Å². The number of nitrogens with zero attached hydrogens (tertiary/aromatic N) is 1. The Bertz CT molecular complexity index is 726. The van der Waals surface area contributed by atoms with E-state index in [1.807, 2.05) is 30.3 Å². The molecule has 2 aromatic rings. The summed E-state index contributed by atoms with van der Waals surface area (Å²) in [6, 6.07) is 9.53. The average molecular weight is 270 g/mol. The maximum absolute atomic E-state index is 12.6. The molecule has 1 heterocycles. The summed E-state index contributed by atoms with van der Waals surface area (Å²) >= 11 is 0. The van der Waals surface area contributed by atoms with E-state index in [1.165, 1.54) is 0 Å². The third kappa shape index (κ3) is 1.62. The molecule has 3 heteroatoms. The molecule has 3 rings (SSSR count). The van der Waals surface area contributed by atoms with E-state index in [4.69, 9.17) is 5.73 Å². The lowest BCUT2D eigenvalue weighted by Gasteiger charge is -2.12. The van der Waals surface area contributed by atoms with Gasteiger partial charge in [-0.05, 0) is 34.3 Å². The largest absolute Gasteiger partial charge is 0.385 e. The van der Waals surface area contributed by atoms with Crippen LogP contribution in [0.4, 0.5) is 5.82 Å². The van der Waals surface area contributed by atoms with E-state index >= 15 is 0 Å². The van der Waals surface area contributed by atoms with Gasteiger partial charge in [-0.1, -0.05) is 45.9 Å². The summed E-state index contributed by atoms with van der Waals surface area (Å²) in [4.78, 5) is 12.6. The van der Waals surface area contributed by atoms with Crippen LogP contribution in [-0.2, 0) is 6.54 Å². The Balaban J connectivity index is 2.08. The second-order valence-corrected chi connectivity index (χ2v) is 7.07. The highest BCUT2D eigenvalue weighted by Crippen LogP contribution is 2.68. The molecular formula is C17H22N2O. The summed E-state index contributed by atoms with van der Waals surface area (Å²) in [7, 11) is 0. The SMILES string of the molecule is CC1(C)C(Cn2c(N)cc3ccccc3c2=O)C1(C)C. The van der Waals surface area contributed by atoms with E-state index in [9.17, 15) is 4.79 Å². The van der Waals surface area contributed by atoms with E-state index in [-0.39, 0.29) is 16.4 Å². The van der Waals surface area contributed by atoms with Gasteiger partial charge in [-0.2, -0.15) is 0 Å². The first-order chi connectivity index (χ1) is 9.26. The zero-order valence-electron chi connectivity index (χ0n) is 12.6. The Morgan fingerprint density at radius 1 is 1.15 bits per heavy atom. The van der Waals surface area contributed by atoms with Crippen molar-refractivity contribution in [2.75, 3.05) is 5.73 Å². The maximum Gasteiger partial charge on any atom is 0.259 e. The molecule has 1 fully saturated rings. The van der Waals surface area contributed by atoms with Crippen molar-refractivity contribution < 1.29 is 0 Å². The molecule has 0 unspecified atom stereocenters. The molecule has 1 aliphatic carbocycles. The highest BCUT2D eigenvalue weighted by Gasteiger charge is 2.64. The lowest BCUT2D eigenvalue weighted by molar-refractivity contribution is 0.457. The number of aromatic nitrogens is 1. The first kappa shape index (κ1) is 13.2. The van der Waals surface area contributed by atoms with Crippen molar-refractivity contribution >= 4 is 16.6 Å². The van der Waals surface area contributed by atoms with Crippen LogP contribution in [0, 0.1) is 16.7 Å². The Hall–Kier alpha value is -1.77. The molecule has 0 bridgehead atoms. The lowest BCUT2D eigenvalue weighted by atomic mass is 10.0. The van der Waals surface area contributed by atoms with Gasteiger partial charge in [0.1, 0.15) is 5.82 Å². The van der Waals surface area contributed by atoms with Crippen LogP contribution in [0.3, 0.4) is 0 Å². The smallest absolute Gasteiger partial charge is 0.259 e. The van der Waals surface area contributed by atoms with Crippen LogP contribution >= 0.6 is 0 Å². The zero-order valence-corrected chi connectivity index (χ0v) is 12.6. The van der Waals surface area contributed by atoms with Gasteiger partial charge in [0.05, 0.1) is 0 Å². The van der Waals surface area contributed by atoms with E-state index in [0.29, 0.717) is 18.3 Å². The minimum Gasteiger partial charge on any atom is -0.385 e. The first-order valence-corrected chi connectivity index (χ1v) is 7.15. The Morgan fingerprint density at radius 2 is 1.75 bits per heavy atom. The molecule has 0 spiro atoms. The number of hydrogen-bond acceptors (Lipinski definition) is 2. The van der Waals surface area contributed by atoms with Crippen LogP contribution in [0.1, 0.15) is 27.7 Å². The lowest BCUT2D eigenvalue weighted by Crippen LogP contribution is -2.25. The van der Waals surface area contributed by atoms with Gasteiger partial charge in [-0.25, -0.2) is 0 Å². The number of rotatable bonds is 2. The number of nitrogens with two attached hydrogens (primary N) is 1. The minimum absolute atomic E-state index is 0.0269. The normalized spacial score (nSPS) is 20.2. The third-order valence-electron chi connectivity index (χ3n) is 5.74. The van der Waals surface area contributed by atoms with Gasteiger partial charge in [0.15, 0.2) is 0 Å². The fourth-order valence-electron chi connectivity index (χ4n) is 3.48. The first-order valence-electron chi connectivity index (χ1n) is 7.15. The van der Waals surface area contributed by atoms with Gasteiger partial charge in [-0.3, -0.25) is 9.36 Å². The van der Waals surface area contributed by atoms with Gasteiger partial charge < -0.3 is 5.73 Å². The fourth-order valence-corrected chi connectivity index (χ4v) is 3.48. The summed E-state index contributed by atoms with van der Waals surface area (Å²) in [6.07, 6.45) is 0. The standard InChI is InChI=1S/C17H22N2O/c1-16(2)13(17(16,3)4)10-19-14(18)9-11-7-5-6-8-12(11)15(19)20/h5-9,13H,10,18H2,1-4H3. The second kappa shape index (κ2) is 3.87. The molecular weight excluding hydrogens is 248 g/mol. The Morgan fingerprint density at radius 3 is 2.35 bits per heavy atom. The number of pyridine rings is 1. The Labute approximate surface area is 119 Å². The van der Waals surface area contributed by atoms with Crippen LogP contribution in [0.5, 0.6) is 0 Å². The van der Waals surface area contributed by atoms with Gasteiger partial charge in [-0.15, -0.1) is 0 Å². The Kier molecular flexibility index (Phi) is 2.56. The molecule has 0 saturated heterocycles. The van der Waals surface area contributed by atoms with Gasteiger partial charge >= 0.3 is 0 Å². The summed E-state index contributed by atoms with van der Waals surface area (Å²) < 4.78 is 1.74. The van der Waals surface area contributed by atoms with Crippen molar-refractivity contribution in [3.8, 4) is 0 Å². The van der Waals surface area contributed by atoms with Crippen molar-refractivity contribution in [2.24, 2.45) is 16.7 Å². The van der Waals surface area contributed by atoms with Crippen molar-refractivity contribution in [1.29, 1.82) is 0 Å². The minimum atomic E-state index is 0.0269. The molecule has 0 atom stereocenters. The van der Waals surface area contributed by atoms with Crippen LogP contribution in [0.15, 0.2) is 35.1 Å². The van der Waals surface area contributed by atoms with Crippen LogP contribution in [0.25, 0.3) is 10.8 Å². The quantitative estimate of drug-likeness (QED) is 0.910. The van der Waals surface area contributed by atoms with Crippen molar-refractivity contribution in [1.82, 2.24) is 4.57 Å². The molecule has 3 nitrogen and oxygen atoms in total. The monoisotopic (exact) mass is 270 g/mol. The van der Waals surface area contributed by atoms with Crippen molar-refractivity contribution in [2.45, 2.75) is 34.2 Å². The number of benzene rings is 1. The molecule has 0 amide bonds. The molecule has 106 valence electrons. The summed E-state index contributed by atoms with van der Waals surface area (Å²) in [5.41, 5.74) is 6.64. The number of hydrogen-bond donors (Lipinski definition) is 1. The maximum atomic E-state index is 12.6. The van der Waals surface area contributed by atoms with Crippen molar-refractivity contribution in [3.63, 3.8) is 0 Å². The molecule has 1 aromatic heterocycles. The van der Waals surface area contributed by atoms with E-state index in [0.717, 1.165) is 10.8 Å². The van der Waals surface area contributed by atoms with Crippen LogP contribution < -0.4 is 11.3 Å². The van der Waals surface area contributed by atoms with Gasteiger partial charge in [0, 0.05) is 11.9 Å². The molecule has 0 radical (unpaired) electrons. The topological polar surface area (TPSA) is 48.0 Å². The number of fused-ring (bicyclic) bond motifs is 1. The van der Waals surface area contributed by atoms with E-state index in [1.54, 1.807) is 4.57 Å².